The Morgan fingerprint density at radius 3 is 2.41 bits per heavy atom. The number of benzene rings is 2. The highest BCUT2D eigenvalue weighted by Crippen LogP contribution is 2.25. The van der Waals surface area contributed by atoms with E-state index in [0.29, 0.717) is 25.4 Å². The van der Waals surface area contributed by atoms with Gasteiger partial charge in [-0.2, -0.15) is 4.31 Å². The van der Waals surface area contributed by atoms with Crippen LogP contribution in [0.4, 0.5) is 5.69 Å². The Hall–Kier alpha value is -2.38. The molecule has 0 radical (unpaired) electrons. The maximum Gasteiger partial charge on any atom is 0.243 e. The Morgan fingerprint density at radius 1 is 1.07 bits per heavy atom. The summed E-state index contributed by atoms with van der Waals surface area (Å²) >= 11 is 0. The number of piperidine rings is 1. The second-order valence-electron chi connectivity index (χ2n) is 7.24. The van der Waals surface area contributed by atoms with E-state index < -0.39 is 10.0 Å². The van der Waals surface area contributed by atoms with Crippen LogP contribution in [0.5, 0.6) is 5.75 Å². The number of hydrogen-bond donors (Lipinski definition) is 1. The van der Waals surface area contributed by atoms with Crippen molar-refractivity contribution in [2.24, 2.45) is 0 Å². The van der Waals surface area contributed by atoms with Crippen LogP contribution in [0.3, 0.4) is 0 Å². The van der Waals surface area contributed by atoms with E-state index in [2.05, 4.69) is 5.32 Å². The molecule has 0 unspecified atom stereocenters. The molecule has 6 nitrogen and oxygen atoms in total. The van der Waals surface area contributed by atoms with Crippen LogP contribution < -0.4 is 10.1 Å². The summed E-state index contributed by atoms with van der Waals surface area (Å²) in [5.74, 6) is 0.577. The minimum Gasteiger partial charge on any atom is -0.494 e. The number of carbonyl (C=O) groups excluding carboxylic acids is 1. The van der Waals surface area contributed by atoms with Gasteiger partial charge in [0.2, 0.25) is 15.9 Å². The molecule has 7 heteroatoms. The standard InChI is InChI=1S/C22H28N2O4S/c1-3-28-19-10-8-18(9-11-19)15-22(25)23-21-16-20(12-7-17(21)2)29(26,27)24-13-5-4-6-14-24/h7-12,16H,3-6,13-15H2,1-2H3,(H,23,25). The van der Waals surface area contributed by atoms with Gasteiger partial charge in [0.25, 0.3) is 0 Å². The van der Waals surface area contributed by atoms with E-state index in [1.54, 1.807) is 18.2 Å². The zero-order valence-corrected chi connectivity index (χ0v) is 17.8. The Balaban J connectivity index is 1.71. The highest BCUT2D eigenvalue weighted by atomic mass is 32.2. The average molecular weight is 417 g/mol. The summed E-state index contributed by atoms with van der Waals surface area (Å²) in [5, 5.41) is 2.86. The molecule has 2 aromatic carbocycles. The van der Waals surface area contributed by atoms with Crippen molar-refractivity contribution in [3.05, 3.63) is 53.6 Å². The molecule has 1 saturated heterocycles. The number of nitrogens with zero attached hydrogens (tertiary/aromatic N) is 1. The molecule has 0 atom stereocenters. The predicted molar refractivity (Wildman–Crippen MR) is 114 cm³/mol. The van der Waals surface area contributed by atoms with Crippen molar-refractivity contribution in [2.45, 2.75) is 44.4 Å². The Morgan fingerprint density at radius 2 is 1.76 bits per heavy atom. The second kappa shape index (κ2) is 9.41. The van der Waals surface area contributed by atoms with E-state index in [9.17, 15) is 13.2 Å². The van der Waals surface area contributed by atoms with Crippen LogP contribution in [0.1, 0.15) is 37.3 Å². The molecular formula is C22H28N2O4S. The lowest BCUT2D eigenvalue weighted by molar-refractivity contribution is -0.115. The molecule has 0 saturated carbocycles. The molecular weight excluding hydrogens is 388 g/mol. The van der Waals surface area contributed by atoms with Crippen LogP contribution in [0, 0.1) is 6.92 Å². The molecule has 0 spiro atoms. The van der Waals surface area contributed by atoms with Crippen molar-refractivity contribution in [3.8, 4) is 5.75 Å². The molecule has 0 aliphatic carbocycles. The molecule has 1 heterocycles. The smallest absolute Gasteiger partial charge is 0.243 e. The van der Waals surface area contributed by atoms with Gasteiger partial charge in [-0.1, -0.05) is 24.6 Å². The number of nitrogens with one attached hydrogen (secondary N) is 1. The van der Waals surface area contributed by atoms with E-state index in [1.165, 1.54) is 4.31 Å². The molecule has 2 aromatic rings. The minimum absolute atomic E-state index is 0.190. The van der Waals surface area contributed by atoms with E-state index in [4.69, 9.17) is 4.74 Å². The van der Waals surface area contributed by atoms with Gasteiger partial charge in [-0.3, -0.25) is 4.79 Å². The summed E-state index contributed by atoms with van der Waals surface area (Å²) in [7, 11) is -3.54. The van der Waals surface area contributed by atoms with Crippen molar-refractivity contribution in [1.29, 1.82) is 0 Å². The first-order valence-electron chi connectivity index (χ1n) is 10.0. The lowest BCUT2D eigenvalue weighted by Crippen LogP contribution is -2.35. The monoisotopic (exact) mass is 416 g/mol. The first-order valence-corrected chi connectivity index (χ1v) is 11.5. The van der Waals surface area contributed by atoms with E-state index >= 15 is 0 Å². The number of ether oxygens (including phenoxy) is 1. The van der Waals surface area contributed by atoms with Crippen LogP contribution in [0.25, 0.3) is 0 Å². The van der Waals surface area contributed by atoms with Crippen LogP contribution in [0.2, 0.25) is 0 Å². The summed E-state index contributed by atoms with van der Waals surface area (Å²) in [6.45, 7) is 5.47. The molecule has 1 aliphatic rings. The number of sulfonamides is 1. The van der Waals surface area contributed by atoms with Gasteiger partial charge >= 0.3 is 0 Å². The Labute approximate surface area is 172 Å². The predicted octanol–water partition coefficient (Wildman–Crippen LogP) is 3.75. The summed E-state index contributed by atoms with van der Waals surface area (Å²) in [5.41, 5.74) is 2.21. The summed E-state index contributed by atoms with van der Waals surface area (Å²) in [6.07, 6.45) is 3.04. The van der Waals surface area contributed by atoms with Gasteiger partial charge < -0.3 is 10.1 Å². The van der Waals surface area contributed by atoms with Crippen LogP contribution >= 0.6 is 0 Å². The zero-order chi connectivity index (χ0) is 20.9. The molecule has 1 aliphatic heterocycles. The Bertz CT molecular complexity index is 949. The average Bonchev–Trinajstić information content (AvgIpc) is 2.72. The SMILES string of the molecule is CCOc1ccc(CC(=O)Nc2cc(S(=O)(=O)N3CCCCC3)ccc2C)cc1. The normalized spacial score (nSPS) is 15.1. The lowest BCUT2D eigenvalue weighted by Gasteiger charge is -2.26. The van der Waals surface area contributed by atoms with Gasteiger partial charge in [0.1, 0.15) is 5.75 Å². The fraction of sp³-hybridized carbons (Fsp3) is 0.409. The molecule has 0 aromatic heterocycles. The minimum atomic E-state index is -3.54. The van der Waals surface area contributed by atoms with Gasteiger partial charge in [0.05, 0.1) is 17.9 Å². The lowest BCUT2D eigenvalue weighted by atomic mass is 10.1. The van der Waals surface area contributed by atoms with Crippen LogP contribution in [0.15, 0.2) is 47.4 Å². The van der Waals surface area contributed by atoms with Crippen molar-refractivity contribution in [3.63, 3.8) is 0 Å². The van der Waals surface area contributed by atoms with Crippen LogP contribution in [-0.2, 0) is 21.2 Å². The fourth-order valence-corrected chi connectivity index (χ4v) is 4.94. The second-order valence-corrected chi connectivity index (χ2v) is 9.18. The van der Waals surface area contributed by atoms with Crippen molar-refractivity contribution >= 4 is 21.6 Å². The maximum absolute atomic E-state index is 12.9. The quantitative estimate of drug-likeness (QED) is 0.746. The molecule has 0 bridgehead atoms. The number of carbonyl (C=O) groups is 1. The largest absolute Gasteiger partial charge is 0.494 e. The van der Waals surface area contributed by atoms with Gasteiger partial charge in [-0.25, -0.2) is 8.42 Å². The van der Waals surface area contributed by atoms with Crippen molar-refractivity contribution in [1.82, 2.24) is 4.31 Å². The third kappa shape index (κ3) is 5.36. The molecule has 1 fully saturated rings. The van der Waals surface area contributed by atoms with E-state index in [1.807, 2.05) is 38.1 Å². The zero-order valence-electron chi connectivity index (χ0n) is 17.0. The highest BCUT2D eigenvalue weighted by Gasteiger charge is 2.26. The summed E-state index contributed by atoms with van der Waals surface area (Å²) in [4.78, 5) is 12.7. The number of aryl methyl sites for hydroxylation is 1. The van der Waals surface area contributed by atoms with Crippen LogP contribution in [-0.4, -0.2) is 38.3 Å². The van der Waals surface area contributed by atoms with Gasteiger partial charge in [0, 0.05) is 18.8 Å². The van der Waals surface area contributed by atoms with Gasteiger partial charge in [0.15, 0.2) is 0 Å². The van der Waals surface area contributed by atoms with Gasteiger partial charge in [-0.05, 0) is 62.1 Å². The number of rotatable bonds is 7. The molecule has 156 valence electrons. The van der Waals surface area contributed by atoms with E-state index in [-0.39, 0.29) is 17.2 Å². The Kier molecular flexibility index (Phi) is 6.92. The summed E-state index contributed by atoms with van der Waals surface area (Å²) < 4.78 is 32.8. The third-order valence-corrected chi connectivity index (χ3v) is 6.93. The number of hydrogen-bond acceptors (Lipinski definition) is 4. The van der Waals surface area contributed by atoms with Crippen molar-refractivity contribution < 1.29 is 17.9 Å². The summed E-state index contributed by atoms with van der Waals surface area (Å²) in [6, 6.07) is 12.3. The van der Waals surface area contributed by atoms with Gasteiger partial charge in [-0.15, -0.1) is 0 Å². The van der Waals surface area contributed by atoms with Crippen molar-refractivity contribution in [2.75, 3.05) is 25.0 Å². The highest BCUT2D eigenvalue weighted by molar-refractivity contribution is 7.89. The van der Waals surface area contributed by atoms with E-state index in [0.717, 1.165) is 36.1 Å². The number of amides is 1. The molecule has 1 amide bonds. The fourth-order valence-electron chi connectivity index (χ4n) is 3.40. The molecule has 3 rings (SSSR count). The molecule has 29 heavy (non-hydrogen) atoms. The topological polar surface area (TPSA) is 75.7 Å². The maximum atomic E-state index is 12.9. The third-order valence-electron chi connectivity index (χ3n) is 5.03. The first-order chi connectivity index (χ1) is 13.9. The molecule has 1 N–H and O–H groups in total. The number of anilines is 1. The first kappa shape index (κ1) is 21.3.